The number of aromatic nitrogens is 10. The molecular formula is C67H106ClFIN10O21P5. The lowest BCUT2D eigenvalue weighted by atomic mass is 9.94. The van der Waals surface area contributed by atoms with Crippen LogP contribution in [0.25, 0.3) is 0 Å². The standard InChI is InChI=1S/C14H23N2O5P.C14H23N2O4P.C13H20ClN2O4P.C13H20FN2O4P.C13H20IN2O4P/c1-20-12-10(17)9(5-6-22(2,3)4)21-11(12)8-7-15-14(19)16-13(8)18;1-8-11(17)10(5-6-21(2,3)4)20-12(8)9-7-15-14(19)16-13(9)18;3*1-21(2,3)5-4-8-10(17)9(14)11(20-8)7-6-15-13(19)16-12(7)18/h7,9-12,17H,2,5-6H2,1,3-4H3,(H2,15,16,18,19);7-8,10-12,17H,2,5-6H2,1,3-4H3,(H2,15,16,18,19);3*6,8-11,17H,1,4-5H2,2-3H3,(H2,15,16,18,19)/t9-,10-,11?,12-;8-,10-,11+,12?;3*8-,9-,10-,11?/m11111/s1. The highest BCUT2D eigenvalue weighted by Gasteiger charge is 2.49. The lowest BCUT2D eigenvalue weighted by Crippen LogP contribution is -2.34. The number of aliphatic hydroxyl groups excluding tert-OH is 5. The Bertz CT molecular complexity index is 4220. The molecule has 5 aliphatic heterocycles. The van der Waals surface area contributed by atoms with Gasteiger partial charge in [-0.2, -0.15) is 0 Å². The molecule has 20 atom stereocenters. The number of H-pyrrole nitrogens is 10. The molecule has 5 fully saturated rings. The average molecular weight is 1720 g/mol. The molecule has 15 N–H and O–H groups in total. The van der Waals surface area contributed by atoms with E-state index in [2.05, 4.69) is 152 Å². The minimum absolute atomic E-state index is 0.0210. The van der Waals surface area contributed by atoms with Gasteiger partial charge in [-0.3, -0.25) is 48.9 Å². The van der Waals surface area contributed by atoms with Crippen molar-refractivity contribution in [1.29, 1.82) is 0 Å². The quantitative estimate of drug-likeness (QED) is 0.0284. The fourth-order valence-electron chi connectivity index (χ4n) is 12.2. The molecule has 10 rings (SSSR count). The fraction of sp³-hybridized carbons (Fsp3) is 0.627. The Morgan fingerprint density at radius 1 is 0.406 bits per heavy atom. The smallest absolute Gasteiger partial charge is 0.325 e. The molecule has 0 amide bonds. The lowest BCUT2D eigenvalue weighted by molar-refractivity contribution is -0.0128. The van der Waals surface area contributed by atoms with Crippen molar-refractivity contribution >= 4 is 100 Å². The van der Waals surface area contributed by atoms with Crippen LogP contribution in [-0.4, -0.2) is 294 Å². The fourth-order valence-corrected chi connectivity index (χ4v) is 18.3. The van der Waals surface area contributed by atoms with Crippen LogP contribution in [0.4, 0.5) is 4.39 Å². The van der Waals surface area contributed by atoms with Gasteiger partial charge in [0.2, 0.25) is 0 Å². The van der Waals surface area contributed by atoms with Gasteiger partial charge in [-0.25, -0.2) is 28.4 Å². The number of nitrogens with one attached hydrogen (secondary N) is 10. The minimum atomic E-state index is -1.70. The van der Waals surface area contributed by atoms with Crippen molar-refractivity contribution in [3.63, 3.8) is 0 Å². The zero-order chi connectivity index (χ0) is 79.6. The Hall–Kier alpha value is -4.59. The van der Waals surface area contributed by atoms with Crippen molar-refractivity contribution in [3.8, 4) is 0 Å². The lowest BCUT2D eigenvalue weighted by Gasteiger charge is -2.19. The van der Waals surface area contributed by atoms with Gasteiger partial charge in [0.25, 0.3) is 27.8 Å². The second-order valence-electron chi connectivity index (χ2n) is 30.7. The number of ether oxygens (including phenoxy) is 6. The molecule has 5 aromatic heterocycles. The van der Waals surface area contributed by atoms with Gasteiger partial charge in [-0.05, 0) is 130 Å². The van der Waals surface area contributed by atoms with Crippen LogP contribution in [0.2, 0.25) is 0 Å². The van der Waals surface area contributed by atoms with E-state index in [1.165, 1.54) is 31.9 Å². The zero-order valence-corrected chi connectivity index (χ0v) is 69.1. The van der Waals surface area contributed by atoms with Gasteiger partial charge >= 0.3 is 28.4 Å². The highest BCUT2D eigenvalue weighted by Crippen LogP contribution is 2.47. The van der Waals surface area contributed by atoms with E-state index < -0.39 is 188 Å². The molecule has 0 saturated carbocycles. The molecule has 0 bridgehead atoms. The van der Waals surface area contributed by atoms with E-state index in [0.29, 0.717) is 30.4 Å². The third-order valence-electron chi connectivity index (χ3n) is 18.1. The van der Waals surface area contributed by atoms with Crippen molar-refractivity contribution in [3.05, 3.63) is 163 Å². The van der Waals surface area contributed by atoms with E-state index in [4.69, 9.17) is 40.0 Å². The molecule has 5 unspecified atom stereocenters. The maximum Gasteiger partial charge on any atom is 0.325 e. The van der Waals surface area contributed by atoms with Crippen molar-refractivity contribution in [2.75, 3.05) is 105 Å². The number of halogens is 3. The second-order valence-corrected chi connectivity index (χ2v) is 54.2. The molecule has 0 aromatic carbocycles. The van der Waals surface area contributed by atoms with Crippen molar-refractivity contribution < 1.29 is 58.3 Å². The van der Waals surface area contributed by atoms with Gasteiger partial charge in [-0.1, -0.05) is 29.5 Å². The molecule has 31 nitrogen and oxygen atoms in total. The van der Waals surface area contributed by atoms with Crippen LogP contribution in [0.15, 0.2) is 78.9 Å². The summed E-state index contributed by atoms with van der Waals surface area (Å²) in [5, 5.41) is 50.4. The molecule has 5 saturated heterocycles. The Kier molecular flexibility index (Phi) is 32.4. The number of methoxy groups -OCH3 is 1. The number of hydrogen-bond donors (Lipinski definition) is 15. The van der Waals surface area contributed by atoms with Gasteiger partial charge in [-0.15, -0.1) is 77.5 Å². The van der Waals surface area contributed by atoms with Crippen molar-refractivity contribution in [2.24, 2.45) is 5.92 Å². The van der Waals surface area contributed by atoms with Gasteiger partial charge < -0.3 is 78.9 Å². The number of hydrogen-bond acceptors (Lipinski definition) is 21. The Labute approximate surface area is 630 Å². The molecule has 0 aliphatic carbocycles. The third-order valence-corrected chi connectivity index (χ3v) is 27.4. The first-order chi connectivity index (χ1) is 49.0. The third kappa shape index (κ3) is 26.0. The van der Waals surface area contributed by atoms with Crippen LogP contribution in [0, 0.1) is 5.92 Å². The van der Waals surface area contributed by atoms with Gasteiger partial charge in [0.15, 0.2) is 6.17 Å². The van der Waals surface area contributed by atoms with E-state index >= 15 is 0 Å². The predicted octanol–water partition coefficient (Wildman–Crippen LogP) is 2.22. The Morgan fingerprint density at radius 2 is 0.660 bits per heavy atom. The first-order valence-corrected chi connectivity index (χ1v) is 51.0. The molecule has 5 aliphatic rings. The molecular weight excluding hydrogens is 1620 g/mol. The molecule has 0 spiro atoms. The summed E-state index contributed by atoms with van der Waals surface area (Å²) in [6, 6.07) is 0. The Morgan fingerprint density at radius 3 is 1.00 bits per heavy atom. The van der Waals surface area contributed by atoms with Crippen LogP contribution in [-0.2, 0) is 28.4 Å². The molecule has 39 heteroatoms. The van der Waals surface area contributed by atoms with Crippen LogP contribution in [0.5, 0.6) is 0 Å². The van der Waals surface area contributed by atoms with E-state index in [1.807, 2.05) is 25.2 Å². The maximum atomic E-state index is 14.2. The van der Waals surface area contributed by atoms with E-state index in [9.17, 15) is 77.9 Å². The van der Waals surface area contributed by atoms with Crippen molar-refractivity contribution in [1.82, 2.24) is 49.8 Å². The summed E-state index contributed by atoms with van der Waals surface area (Å²) in [5.41, 5.74) is -4.51. The predicted molar refractivity (Wildman–Crippen MR) is 436 cm³/mol. The zero-order valence-electron chi connectivity index (χ0n) is 61.7. The summed E-state index contributed by atoms with van der Waals surface area (Å²) in [5.74, 6) is -0.201. The molecule has 5 aromatic rings. The van der Waals surface area contributed by atoms with Gasteiger partial charge in [0.1, 0.15) is 42.7 Å². The van der Waals surface area contributed by atoms with Crippen LogP contribution < -0.4 is 56.2 Å². The summed E-state index contributed by atoms with van der Waals surface area (Å²) < 4.78 is 48.2. The topological polar surface area (TPSA) is 485 Å². The minimum Gasteiger partial charge on any atom is -0.390 e. The van der Waals surface area contributed by atoms with Crippen LogP contribution in [0.1, 0.15) is 97.4 Å². The first-order valence-electron chi connectivity index (χ1n) is 34.1. The van der Waals surface area contributed by atoms with E-state index in [-0.39, 0.29) is 38.7 Å². The molecule has 10 heterocycles. The van der Waals surface area contributed by atoms with E-state index in [0.717, 1.165) is 49.8 Å². The van der Waals surface area contributed by atoms with Crippen LogP contribution in [0.3, 0.4) is 0 Å². The molecule has 0 radical (unpaired) electrons. The highest BCUT2D eigenvalue weighted by atomic mass is 127. The Balaban J connectivity index is 0.000000208. The molecule has 106 heavy (non-hydrogen) atoms. The highest BCUT2D eigenvalue weighted by molar-refractivity contribution is 14.1. The number of aliphatic hydroxyl groups is 5. The average Bonchev–Trinajstić information content (AvgIpc) is 1.69. The summed E-state index contributed by atoms with van der Waals surface area (Å²) >= 11 is 8.29. The number of aromatic amines is 10. The van der Waals surface area contributed by atoms with Gasteiger partial charge in [0.05, 0.1) is 92.1 Å². The largest absolute Gasteiger partial charge is 0.390 e. The van der Waals surface area contributed by atoms with E-state index in [1.54, 1.807) is 0 Å². The summed E-state index contributed by atoms with van der Waals surface area (Å²) in [4.78, 5) is 137. The maximum absolute atomic E-state index is 14.2. The summed E-state index contributed by atoms with van der Waals surface area (Å²) in [6.07, 6.45) is 22.4. The molecule has 596 valence electrons. The monoisotopic (exact) mass is 1720 g/mol. The summed E-state index contributed by atoms with van der Waals surface area (Å²) in [6.45, 7) is 16.8. The normalized spacial score (nSPS) is 29.5. The number of alkyl halides is 3. The van der Waals surface area contributed by atoms with Crippen LogP contribution >= 0.6 is 68.6 Å². The summed E-state index contributed by atoms with van der Waals surface area (Å²) in [7, 11) is 1.46. The second kappa shape index (κ2) is 38.1. The first kappa shape index (κ1) is 90.3. The number of rotatable bonds is 21. The van der Waals surface area contributed by atoms with Crippen molar-refractivity contribution in [2.45, 2.75) is 152 Å². The SMILES string of the molecule is C=P(C)(C)CC[C@H]1OC(c2c[nH]c(=O)[nH]c2=O)[C@H](C)[C@@H]1O.C=P(C)(C)CC[C@H]1OC(c2c[nH]c(=O)[nH]c2=O)[C@H](Cl)[C@@H]1O.C=P(C)(C)CC[C@H]1OC(c2c[nH]c(=O)[nH]c2=O)[C@H](F)[C@@H]1O.C=P(C)(C)CC[C@H]1OC(c2c[nH]c(=O)[nH]c2=O)[C@H](I)[C@@H]1O.C=P(C)(C)CC[C@H]1OC(c2c[nH]c(=O)[nH]c2=O)[C@H](OC)[C@@H]1O. The van der Waals surface area contributed by atoms with Gasteiger partial charge in [0, 0.05) is 44.0 Å².